The summed E-state index contributed by atoms with van der Waals surface area (Å²) >= 11 is 0. The summed E-state index contributed by atoms with van der Waals surface area (Å²) in [5.41, 5.74) is 0. The van der Waals surface area contributed by atoms with Crippen molar-refractivity contribution in [3.8, 4) is 0 Å². The van der Waals surface area contributed by atoms with E-state index >= 15 is 0 Å². The Morgan fingerprint density at radius 3 is 1.86 bits per heavy atom. The first-order chi connectivity index (χ1) is 16.8. The molecule has 1 amide bonds. The zero-order chi connectivity index (χ0) is 27.8. The summed E-state index contributed by atoms with van der Waals surface area (Å²) in [7, 11) is 0. The lowest BCUT2D eigenvalue weighted by Gasteiger charge is -2.10. The van der Waals surface area contributed by atoms with Crippen LogP contribution in [0, 0.1) is 0 Å². The first-order valence-electron chi connectivity index (χ1n) is 13.6. The quantitative estimate of drug-likeness (QED) is 0.244. The molecule has 0 aliphatic heterocycles. The van der Waals surface area contributed by atoms with E-state index in [1.54, 1.807) is 0 Å². The number of allylic oxidation sites excluding steroid dienone is 8. The Morgan fingerprint density at radius 2 is 1.39 bits per heavy atom. The van der Waals surface area contributed by atoms with Gasteiger partial charge in [-0.3, -0.25) is 4.79 Å². The van der Waals surface area contributed by atoms with Crippen LogP contribution in [-0.2, 0) is 9.59 Å². The van der Waals surface area contributed by atoms with E-state index in [0.29, 0.717) is 6.42 Å². The molecule has 0 spiro atoms. The molecule has 0 rings (SSSR count). The maximum atomic E-state index is 11.7. The number of aliphatic hydroxyl groups is 1. The molecule has 0 aliphatic carbocycles. The topological polar surface area (TPSA) is 86.6 Å². The molecule has 5 heteroatoms. The van der Waals surface area contributed by atoms with Gasteiger partial charge in [0, 0.05) is 6.42 Å². The van der Waals surface area contributed by atoms with Crippen LogP contribution in [-0.4, -0.2) is 34.7 Å². The molecular formula is C23H37NO4. The molecule has 0 bridgehead atoms. The minimum atomic E-state index is -1.41. The second-order valence-corrected chi connectivity index (χ2v) is 5.90. The number of hydrogen-bond donors (Lipinski definition) is 3. The van der Waals surface area contributed by atoms with Gasteiger partial charge in [-0.1, -0.05) is 68.2 Å². The van der Waals surface area contributed by atoms with Crippen molar-refractivity contribution in [2.24, 2.45) is 0 Å². The Kier molecular flexibility index (Phi) is 10.4. The van der Waals surface area contributed by atoms with Crippen LogP contribution in [0.15, 0.2) is 48.4 Å². The van der Waals surface area contributed by atoms with Crippen LogP contribution in [0.4, 0.5) is 0 Å². The average Bonchev–Trinajstić information content (AvgIpc) is 2.81. The van der Waals surface area contributed by atoms with Gasteiger partial charge < -0.3 is 15.5 Å². The molecule has 0 saturated carbocycles. The summed E-state index contributed by atoms with van der Waals surface area (Å²) in [6, 6.07) is -2.71. The molecule has 0 aromatic heterocycles. The molecule has 0 radical (unpaired) electrons. The highest BCUT2D eigenvalue weighted by atomic mass is 16.4. The van der Waals surface area contributed by atoms with Crippen LogP contribution in [0.2, 0.25) is 0 Å². The lowest BCUT2D eigenvalue weighted by Crippen LogP contribution is -2.43. The molecule has 0 aromatic rings. The predicted octanol–water partition coefficient (Wildman–Crippen LogP) is 4.69. The van der Waals surface area contributed by atoms with Crippen molar-refractivity contribution in [3.63, 3.8) is 0 Å². The maximum absolute atomic E-state index is 11.7. The number of rotatable bonds is 17. The number of carbonyl (C=O) groups is 2. The van der Waals surface area contributed by atoms with E-state index in [2.05, 4.69) is 5.32 Å². The van der Waals surface area contributed by atoms with Gasteiger partial charge >= 0.3 is 5.97 Å². The number of carbonyl (C=O) groups excluding carboxylic acids is 1. The molecule has 5 nitrogen and oxygen atoms in total. The van der Waals surface area contributed by atoms with Gasteiger partial charge in [0.1, 0.15) is 6.04 Å². The predicted molar refractivity (Wildman–Crippen MR) is 115 cm³/mol. The molecule has 1 atom stereocenters. The minimum Gasteiger partial charge on any atom is -0.480 e. The third-order valence-corrected chi connectivity index (χ3v) is 3.46. The summed E-state index contributed by atoms with van der Waals surface area (Å²) in [5.74, 6) is -1.99. The number of unbranched alkanes of at least 4 members (excludes halogenated alkanes) is 2. The Bertz CT molecular complexity index is 883. The monoisotopic (exact) mass is 399 g/mol. The summed E-state index contributed by atoms with van der Waals surface area (Å²) in [5, 5.41) is 19.8. The van der Waals surface area contributed by atoms with Crippen LogP contribution in [0.5, 0.6) is 0 Å². The number of carboxylic acids is 1. The molecular weight excluding hydrogens is 354 g/mol. The summed E-state index contributed by atoms with van der Waals surface area (Å²) in [6.45, 7) is 1.28. The largest absolute Gasteiger partial charge is 0.480 e. The van der Waals surface area contributed by atoms with Gasteiger partial charge in [-0.05, 0) is 44.9 Å². The van der Waals surface area contributed by atoms with Crippen molar-refractivity contribution < 1.29 is 30.8 Å². The van der Waals surface area contributed by atoms with E-state index in [1.165, 1.54) is 0 Å². The highest BCUT2D eigenvalue weighted by Gasteiger charge is 2.17. The summed E-state index contributed by atoms with van der Waals surface area (Å²) in [4.78, 5) is 22.5. The SMILES string of the molecule is [2H]/C(CCCCC)=C(\[2H])C/C([2H])=C(/[2H])C/C([2H])=C(/[2H])C/C([2H])=C(/[2H])CCCC(=O)N[C@@H](CO)C(=O)O. The second-order valence-electron chi connectivity index (χ2n) is 5.90. The molecule has 158 valence electrons. The first kappa shape index (κ1) is 14.8. The number of carboxylic acid groups (broad SMARTS) is 1. The molecule has 0 saturated heterocycles. The van der Waals surface area contributed by atoms with Crippen molar-refractivity contribution in [2.75, 3.05) is 6.61 Å². The van der Waals surface area contributed by atoms with Crippen molar-refractivity contribution in [1.82, 2.24) is 5.32 Å². The maximum Gasteiger partial charge on any atom is 0.328 e. The van der Waals surface area contributed by atoms with Crippen LogP contribution in [0.25, 0.3) is 0 Å². The molecule has 0 heterocycles. The van der Waals surface area contributed by atoms with Gasteiger partial charge in [-0.2, -0.15) is 0 Å². The van der Waals surface area contributed by atoms with Crippen molar-refractivity contribution in [2.45, 2.75) is 77.2 Å². The molecule has 0 unspecified atom stereocenters. The average molecular weight is 400 g/mol. The highest BCUT2D eigenvalue weighted by molar-refractivity contribution is 5.83. The molecule has 0 aromatic carbocycles. The Morgan fingerprint density at radius 1 is 0.893 bits per heavy atom. The van der Waals surface area contributed by atoms with Gasteiger partial charge in [-0.25, -0.2) is 4.79 Å². The third-order valence-electron chi connectivity index (χ3n) is 3.46. The van der Waals surface area contributed by atoms with E-state index in [1.807, 2.05) is 6.92 Å². The first-order valence-corrected chi connectivity index (χ1v) is 9.57. The lowest BCUT2D eigenvalue weighted by molar-refractivity contribution is -0.142. The normalized spacial score (nSPS) is 20.1. The summed E-state index contributed by atoms with van der Waals surface area (Å²) < 4.78 is 63.7. The van der Waals surface area contributed by atoms with Crippen molar-refractivity contribution >= 4 is 11.9 Å². The number of nitrogens with one attached hydrogen (secondary N) is 1. The zero-order valence-corrected chi connectivity index (χ0v) is 16.6. The van der Waals surface area contributed by atoms with Crippen molar-refractivity contribution in [1.29, 1.82) is 0 Å². The number of hydrogen-bond acceptors (Lipinski definition) is 3. The molecule has 28 heavy (non-hydrogen) atoms. The smallest absolute Gasteiger partial charge is 0.328 e. The Balaban J connectivity index is 4.95. The van der Waals surface area contributed by atoms with Crippen LogP contribution in [0.3, 0.4) is 0 Å². The van der Waals surface area contributed by atoms with Crippen molar-refractivity contribution in [3.05, 3.63) is 48.4 Å². The number of aliphatic hydroxyl groups excluding tert-OH is 1. The highest BCUT2D eigenvalue weighted by Crippen LogP contribution is 2.01. The lowest BCUT2D eigenvalue weighted by atomic mass is 10.2. The second kappa shape index (κ2) is 19.6. The number of amides is 1. The molecule has 0 aliphatic rings. The van der Waals surface area contributed by atoms with Gasteiger partial charge in [0.15, 0.2) is 0 Å². The van der Waals surface area contributed by atoms with Gasteiger partial charge in [0.25, 0.3) is 0 Å². The Labute approximate surface area is 181 Å². The molecule has 3 N–H and O–H groups in total. The standard InChI is InChI=1S/C23H37NO4/c1-2-3-4-5-6-7-8-9-10-11-12-13-14-15-16-17-18-19-22(26)24-21(20-25)23(27)28/h6-7,9-10,12-13,15-16,21,25H,2-5,8,11,14,17-20H2,1H3,(H,24,26)(H,27,28)/b7-6-,10-9-,13-12-,16-15-/t21-/m0/s1/i6D,7D,9D,10D,12D,13D,15D,16D. The van der Waals surface area contributed by atoms with E-state index in [0.717, 1.165) is 19.3 Å². The van der Waals surface area contributed by atoms with E-state index < -0.39 is 24.5 Å². The van der Waals surface area contributed by atoms with Crippen LogP contribution >= 0.6 is 0 Å². The number of aliphatic carboxylic acids is 1. The fourth-order valence-electron chi connectivity index (χ4n) is 1.94. The zero-order valence-electron chi connectivity index (χ0n) is 24.6. The fourth-order valence-corrected chi connectivity index (χ4v) is 1.94. The van der Waals surface area contributed by atoms with Crippen LogP contribution < -0.4 is 5.32 Å². The van der Waals surface area contributed by atoms with E-state index in [9.17, 15) is 9.59 Å². The van der Waals surface area contributed by atoms with Gasteiger partial charge in [-0.15, -0.1) is 0 Å². The van der Waals surface area contributed by atoms with Gasteiger partial charge in [0.2, 0.25) is 5.91 Å². The fraction of sp³-hybridized carbons (Fsp3) is 0.565. The van der Waals surface area contributed by atoms with Crippen LogP contribution in [0.1, 0.15) is 82.1 Å². The third kappa shape index (κ3) is 17.3. The Hall–Kier alpha value is -2.14. The van der Waals surface area contributed by atoms with E-state index in [-0.39, 0.29) is 86.9 Å². The minimum absolute atomic E-state index is 0.0243. The molecule has 0 fully saturated rings. The summed E-state index contributed by atoms with van der Waals surface area (Å²) in [6.07, 6.45) is 2.38. The van der Waals surface area contributed by atoms with Gasteiger partial charge in [0.05, 0.1) is 17.6 Å². The van der Waals surface area contributed by atoms with E-state index in [4.69, 9.17) is 21.2 Å².